The summed E-state index contributed by atoms with van der Waals surface area (Å²) in [5.74, 6) is 0.562. The highest BCUT2D eigenvalue weighted by molar-refractivity contribution is 7.89. The lowest BCUT2D eigenvalue weighted by atomic mass is 10.2. The highest BCUT2D eigenvalue weighted by atomic mass is 35.5. The highest BCUT2D eigenvalue weighted by Gasteiger charge is 2.23. The van der Waals surface area contributed by atoms with Crippen molar-refractivity contribution in [2.75, 3.05) is 7.05 Å². The third kappa shape index (κ3) is 3.89. The Kier molecular flexibility index (Phi) is 4.89. The summed E-state index contributed by atoms with van der Waals surface area (Å²) in [5.41, 5.74) is 1.69. The molecule has 3 rings (SSSR count). The SMILES string of the molecule is Cc1ccc(S(=O)(=O)N(C)Cc2nc(-c3cccc(Cl)c3)no2)cc1. The van der Waals surface area contributed by atoms with Gasteiger partial charge in [0.05, 0.1) is 11.4 Å². The number of sulfonamides is 1. The van der Waals surface area contributed by atoms with Gasteiger partial charge in [0.15, 0.2) is 0 Å². The Balaban J connectivity index is 1.79. The Morgan fingerprint density at radius 1 is 1.16 bits per heavy atom. The van der Waals surface area contributed by atoms with Crippen molar-refractivity contribution < 1.29 is 12.9 Å². The minimum atomic E-state index is -3.63. The molecular formula is C17H16ClN3O3S. The third-order valence-electron chi connectivity index (χ3n) is 3.64. The molecule has 0 amide bonds. The van der Waals surface area contributed by atoms with Gasteiger partial charge in [0.1, 0.15) is 0 Å². The predicted molar refractivity (Wildman–Crippen MR) is 94.6 cm³/mol. The molecule has 0 N–H and O–H groups in total. The molecule has 8 heteroatoms. The van der Waals surface area contributed by atoms with Gasteiger partial charge < -0.3 is 4.52 Å². The summed E-state index contributed by atoms with van der Waals surface area (Å²) >= 11 is 5.95. The second-order valence-electron chi connectivity index (χ2n) is 5.60. The first-order valence-corrected chi connectivity index (χ1v) is 9.29. The molecule has 1 aromatic heterocycles. The van der Waals surface area contributed by atoms with Gasteiger partial charge in [-0.25, -0.2) is 8.42 Å². The fraction of sp³-hybridized carbons (Fsp3) is 0.176. The van der Waals surface area contributed by atoms with E-state index in [0.717, 1.165) is 5.56 Å². The summed E-state index contributed by atoms with van der Waals surface area (Å²) in [6.07, 6.45) is 0. The number of benzene rings is 2. The number of aromatic nitrogens is 2. The van der Waals surface area contributed by atoms with Crippen LogP contribution in [0.5, 0.6) is 0 Å². The van der Waals surface area contributed by atoms with Gasteiger partial charge in [0.2, 0.25) is 21.7 Å². The van der Waals surface area contributed by atoms with E-state index in [2.05, 4.69) is 10.1 Å². The van der Waals surface area contributed by atoms with Crippen LogP contribution in [-0.2, 0) is 16.6 Å². The molecule has 0 atom stereocenters. The number of nitrogens with zero attached hydrogens (tertiary/aromatic N) is 3. The Morgan fingerprint density at radius 2 is 1.88 bits per heavy atom. The molecule has 1 heterocycles. The number of halogens is 1. The van der Waals surface area contributed by atoms with Crippen molar-refractivity contribution in [1.82, 2.24) is 14.4 Å². The second-order valence-corrected chi connectivity index (χ2v) is 8.08. The molecule has 0 aliphatic heterocycles. The zero-order chi connectivity index (χ0) is 18.0. The van der Waals surface area contributed by atoms with E-state index in [1.54, 1.807) is 48.5 Å². The number of rotatable bonds is 5. The predicted octanol–water partition coefficient (Wildman–Crippen LogP) is 3.52. The molecule has 0 spiro atoms. The largest absolute Gasteiger partial charge is 0.338 e. The van der Waals surface area contributed by atoms with Crippen LogP contribution in [0.25, 0.3) is 11.4 Å². The summed E-state index contributed by atoms with van der Waals surface area (Å²) in [5, 5.41) is 4.44. The number of aryl methyl sites for hydroxylation is 1. The quantitative estimate of drug-likeness (QED) is 0.679. The smallest absolute Gasteiger partial charge is 0.243 e. The topological polar surface area (TPSA) is 76.3 Å². The molecule has 0 aliphatic carbocycles. The van der Waals surface area contributed by atoms with E-state index in [-0.39, 0.29) is 17.3 Å². The van der Waals surface area contributed by atoms with E-state index in [9.17, 15) is 8.42 Å². The Hall–Kier alpha value is -2.22. The van der Waals surface area contributed by atoms with E-state index in [4.69, 9.17) is 16.1 Å². The normalized spacial score (nSPS) is 11.8. The highest BCUT2D eigenvalue weighted by Crippen LogP contribution is 2.21. The van der Waals surface area contributed by atoms with Gasteiger partial charge in [-0.1, -0.05) is 46.6 Å². The van der Waals surface area contributed by atoms with Gasteiger partial charge in [-0.2, -0.15) is 9.29 Å². The molecule has 6 nitrogen and oxygen atoms in total. The number of hydrogen-bond acceptors (Lipinski definition) is 5. The Bertz CT molecular complexity index is 984. The lowest BCUT2D eigenvalue weighted by Crippen LogP contribution is -2.26. The summed E-state index contributed by atoms with van der Waals surface area (Å²) < 4.78 is 31.5. The number of hydrogen-bond donors (Lipinski definition) is 0. The summed E-state index contributed by atoms with van der Waals surface area (Å²) in [4.78, 5) is 4.46. The van der Waals surface area contributed by atoms with Crippen molar-refractivity contribution in [3.8, 4) is 11.4 Å². The fourth-order valence-corrected chi connectivity index (χ4v) is 3.54. The van der Waals surface area contributed by atoms with Gasteiger partial charge >= 0.3 is 0 Å². The van der Waals surface area contributed by atoms with Crippen LogP contribution < -0.4 is 0 Å². The van der Waals surface area contributed by atoms with Crippen LogP contribution >= 0.6 is 11.6 Å². The van der Waals surface area contributed by atoms with Crippen molar-refractivity contribution in [3.63, 3.8) is 0 Å². The van der Waals surface area contributed by atoms with Gasteiger partial charge in [0, 0.05) is 17.6 Å². The average molecular weight is 378 g/mol. The van der Waals surface area contributed by atoms with Gasteiger partial charge in [-0.05, 0) is 31.2 Å². The summed E-state index contributed by atoms with van der Waals surface area (Å²) in [7, 11) is -2.16. The van der Waals surface area contributed by atoms with Crippen LogP contribution in [-0.4, -0.2) is 29.9 Å². The van der Waals surface area contributed by atoms with E-state index in [0.29, 0.717) is 16.4 Å². The maximum absolute atomic E-state index is 12.6. The zero-order valence-electron chi connectivity index (χ0n) is 13.7. The van der Waals surface area contributed by atoms with Crippen LogP contribution in [0.3, 0.4) is 0 Å². The van der Waals surface area contributed by atoms with E-state index < -0.39 is 10.0 Å². The average Bonchev–Trinajstić information content (AvgIpc) is 3.04. The van der Waals surface area contributed by atoms with Crippen molar-refractivity contribution in [2.45, 2.75) is 18.4 Å². The molecule has 2 aromatic carbocycles. The van der Waals surface area contributed by atoms with Gasteiger partial charge in [-0.3, -0.25) is 0 Å². The van der Waals surface area contributed by atoms with Crippen LogP contribution in [0.1, 0.15) is 11.5 Å². The zero-order valence-corrected chi connectivity index (χ0v) is 15.3. The molecule has 130 valence electrons. The summed E-state index contributed by atoms with van der Waals surface area (Å²) in [6, 6.07) is 13.7. The molecule has 0 aliphatic rings. The monoisotopic (exact) mass is 377 g/mol. The van der Waals surface area contributed by atoms with Crippen LogP contribution in [0.4, 0.5) is 0 Å². The molecule has 0 bridgehead atoms. The minimum absolute atomic E-state index is 0.0240. The Labute approximate surface area is 151 Å². The van der Waals surface area contributed by atoms with Crippen molar-refractivity contribution in [2.24, 2.45) is 0 Å². The van der Waals surface area contributed by atoms with Crippen LogP contribution in [0.15, 0.2) is 57.9 Å². The maximum atomic E-state index is 12.6. The third-order valence-corrected chi connectivity index (χ3v) is 5.69. The van der Waals surface area contributed by atoms with E-state index in [1.807, 2.05) is 6.92 Å². The first-order chi connectivity index (χ1) is 11.9. The second kappa shape index (κ2) is 6.95. The van der Waals surface area contributed by atoms with Crippen molar-refractivity contribution in [1.29, 1.82) is 0 Å². The summed E-state index contributed by atoms with van der Waals surface area (Å²) in [6.45, 7) is 1.87. The molecule has 3 aromatic rings. The molecule has 0 unspecified atom stereocenters. The molecule has 0 fully saturated rings. The first-order valence-electron chi connectivity index (χ1n) is 7.48. The Morgan fingerprint density at radius 3 is 2.56 bits per heavy atom. The van der Waals surface area contributed by atoms with Gasteiger partial charge in [-0.15, -0.1) is 0 Å². The maximum Gasteiger partial charge on any atom is 0.243 e. The lowest BCUT2D eigenvalue weighted by Gasteiger charge is -2.15. The van der Waals surface area contributed by atoms with Crippen LogP contribution in [0, 0.1) is 6.92 Å². The lowest BCUT2D eigenvalue weighted by molar-refractivity contribution is 0.337. The van der Waals surface area contributed by atoms with Crippen LogP contribution in [0.2, 0.25) is 5.02 Å². The minimum Gasteiger partial charge on any atom is -0.338 e. The van der Waals surface area contributed by atoms with Crippen molar-refractivity contribution >= 4 is 21.6 Å². The molecule has 25 heavy (non-hydrogen) atoms. The first kappa shape index (κ1) is 17.6. The van der Waals surface area contributed by atoms with Gasteiger partial charge in [0.25, 0.3) is 0 Å². The van der Waals surface area contributed by atoms with E-state index in [1.165, 1.54) is 11.4 Å². The molecule has 0 radical (unpaired) electrons. The molecule has 0 saturated heterocycles. The fourth-order valence-electron chi connectivity index (χ4n) is 2.23. The van der Waals surface area contributed by atoms with E-state index >= 15 is 0 Å². The van der Waals surface area contributed by atoms with Crippen molar-refractivity contribution in [3.05, 3.63) is 65.0 Å². The standard InChI is InChI=1S/C17H16ClN3O3S/c1-12-6-8-15(9-7-12)25(22,23)21(2)11-16-19-17(20-24-16)13-4-3-5-14(18)10-13/h3-10H,11H2,1-2H3. The molecular weight excluding hydrogens is 362 g/mol. The molecule has 0 saturated carbocycles.